The van der Waals surface area contributed by atoms with Gasteiger partial charge in [0, 0.05) is 6.54 Å². The van der Waals surface area contributed by atoms with Crippen LogP contribution in [0.15, 0.2) is 23.2 Å². The topological polar surface area (TPSA) is 66.9 Å². The summed E-state index contributed by atoms with van der Waals surface area (Å²) in [6.07, 6.45) is 3.08. The molecule has 0 aromatic rings. The molecule has 3 amide bonds. The first-order chi connectivity index (χ1) is 10.7. The van der Waals surface area contributed by atoms with Crippen molar-refractivity contribution in [2.24, 2.45) is 17.3 Å². The number of rotatable bonds is 6. The minimum absolute atomic E-state index is 0.104. The van der Waals surface area contributed by atoms with Crippen LogP contribution in [-0.2, 0) is 14.3 Å². The number of hydrogen-bond acceptors (Lipinski definition) is 4. The maximum atomic E-state index is 12.2. The van der Waals surface area contributed by atoms with E-state index in [1.807, 2.05) is 13.8 Å². The lowest BCUT2D eigenvalue weighted by Crippen LogP contribution is -2.35. The molecule has 6 nitrogen and oxygen atoms in total. The van der Waals surface area contributed by atoms with E-state index in [0.717, 1.165) is 4.90 Å². The first-order valence-corrected chi connectivity index (χ1v) is 7.85. The molecule has 1 aliphatic heterocycles. The van der Waals surface area contributed by atoms with Gasteiger partial charge in [-0.25, -0.2) is 4.79 Å². The van der Waals surface area contributed by atoms with E-state index < -0.39 is 12.0 Å². The predicted molar refractivity (Wildman–Crippen MR) is 85.5 cm³/mol. The summed E-state index contributed by atoms with van der Waals surface area (Å²) >= 11 is 11.3. The molecular weight excluding hydrogens is 343 g/mol. The molecule has 0 spiro atoms. The molecule has 1 saturated carbocycles. The molecule has 0 aromatic carbocycles. The fourth-order valence-electron chi connectivity index (χ4n) is 2.81. The Bertz CT molecular complexity index is 584. The van der Waals surface area contributed by atoms with Crippen LogP contribution in [0, 0.1) is 17.3 Å². The predicted octanol–water partition coefficient (Wildman–Crippen LogP) is 2.53. The Kier molecular flexibility index (Phi) is 5.06. The highest BCUT2D eigenvalue weighted by Crippen LogP contribution is 2.60. The minimum atomic E-state index is -0.488. The quantitative estimate of drug-likeness (QED) is 0.414. The van der Waals surface area contributed by atoms with Crippen molar-refractivity contribution in [3.8, 4) is 0 Å². The van der Waals surface area contributed by atoms with Crippen LogP contribution in [0.4, 0.5) is 4.79 Å². The Balaban J connectivity index is 1.91. The average molecular weight is 361 g/mol. The van der Waals surface area contributed by atoms with Crippen molar-refractivity contribution in [2.75, 3.05) is 19.8 Å². The molecule has 2 aliphatic rings. The standard InChI is InChI=1S/C15H18Cl2N2O4/c1-4-5-19-11(20)7-18(14(19)22)8-23-13(21)12-9(6-10(16)17)15(12,2)3/h4,6,9,12H,1,5,7-8H2,2-3H3. The van der Waals surface area contributed by atoms with Gasteiger partial charge in [0.25, 0.3) is 5.91 Å². The maximum Gasteiger partial charge on any atom is 0.330 e. The number of halogens is 2. The summed E-state index contributed by atoms with van der Waals surface area (Å²) in [6.45, 7) is 7.09. The largest absolute Gasteiger partial charge is 0.444 e. The highest BCUT2D eigenvalue weighted by molar-refractivity contribution is 6.55. The Morgan fingerprint density at radius 1 is 1.43 bits per heavy atom. The molecule has 1 heterocycles. The summed E-state index contributed by atoms with van der Waals surface area (Å²) in [7, 11) is 0. The fourth-order valence-corrected chi connectivity index (χ4v) is 3.08. The minimum Gasteiger partial charge on any atom is -0.444 e. The molecule has 0 radical (unpaired) electrons. The summed E-state index contributed by atoms with van der Waals surface area (Å²) < 4.78 is 5.30. The molecule has 2 unspecified atom stereocenters. The van der Waals surface area contributed by atoms with E-state index in [2.05, 4.69) is 6.58 Å². The number of nitrogens with zero attached hydrogens (tertiary/aromatic N) is 2. The maximum absolute atomic E-state index is 12.2. The van der Waals surface area contributed by atoms with Crippen molar-refractivity contribution in [3.63, 3.8) is 0 Å². The van der Waals surface area contributed by atoms with Crippen molar-refractivity contribution >= 4 is 41.1 Å². The normalized spacial score (nSPS) is 25.4. The fraction of sp³-hybridized carbons (Fsp3) is 0.533. The second-order valence-corrected chi connectivity index (χ2v) is 7.16. The number of amides is 3. The van der Waals surface area contributed by atoms with Gasteiger partial charge < -0.3 is 4.74 Å². The van der Waals surface area contributed by atoms with Gasteiger partial charge in [0.15, 0.2) is 6.73 Å². The molecule has 2 rings (SSSR count). The zero-order chi connectivity index (χ0) is 17.4. The van der Waals surface area contributed by atoms with Crippen LogP contribution in [0.25, 0.3) is 0 Å². The van der Waals surface area contributed by atoms with Gasteiger partial charge in [-0.15, -0.1) is 6.58 Å². The molecule has 2 atom stereocenters. The van der Waals surface area contributed by atoms with Gasteiger partial charge in [-0.2, -0.15) is 0 Å². The second kappa shape index (κ2) is 6.53. The van der Waals surface area contributed by atoms with Crippen molar-refractivity contribution in [2.45, 2.75) is 13.8 Å². The molecule has 0 aromatic heterocycles. The molecule has 126 valence electrons. The molecule has 1 aliphatic carbocycles. The molecule has 23 heavy (non-hydrogen) atoms. The number of carbonyl (C=O) groups excluding carboxylic acids is 3. The third-order valence-corrected chi connectivity index (χ3v) is 4.53. The third-order valence-electron chi connectivity index (χ3n) is 4.27. The molecular formula is C15H18Cl2N2O4. The molecule has 0 N–H and O–H groups in total. The van der Waals surface area contributed by atoms with E-state index in [1.54, 1.807) is 6.08 Å². The van der Waals surface area contributed by atoms with Crippen molar-refractivity contribution < 1.29 is 19.1 Å². The van der Waals surface area contributed by atoms with Gasteiger partial charge in [0.2, 0.25) is 0 Å². The Hall–Kier alpha value is -1.53. The highest BCUT2D eigenvalue weighted by atomic mass is 35.5. The van der Waals surface area contributed by atoms with E-state index in [9.17, 15) is 14.4 Å². The van der Waals surface area contributed by atoms with Crippen LogP contribution in [-0.4, -0.2) is 47.5 Å². The first-order valence-electron chi connectivity index (χ1n) is 7.09. The highest BCUT2D eigenvalue weighted by Gasteiger charge is 2.61. The summed E-state index contributed by atoms with van der Waals surface area (Å²) in [5.74, 6) is -1.25. The van der Waals surface area contributed by atoms with Crippen molar-refractivity contribution in [1.82, 2.24) is 9.80 Å². The number of urea groups is 1. The number of ether oxygens (including phenoxy) is 1. The monoisotopic (exact) mass is 360 g/mol. The van der Waals surface area contributed by atoms with Gasteiger partial charge in [0.1, 0.15) is 11.0 Å². The number of hydrogen-bond donors (Lipinski definition) is 0. The van der Waals surface area contributed by atoms with Crippen LogP contribution in [0.1, 0.15) is 13.8 Å². The van der Waals surface area contributed by atoms with Crippen LogP contribution in [0.3, 0.4) is 0 Å². The number of carbonyl (C=O) groups is 3. The van der Waals surface area contributed by atoms with Crippen LogP contribution >= 0.6 is 23.2 Å². The molecule has 1 saturated heterocycles. The van der Waals surface area contributed by atoms with E-state index in [4.69, 9.17) is 27.9 Å². The van der Waals surface area contributed by atoms with Gasteiger partial charge in [0.05, 0.1) is 5.92 Å². The zero-order valence-electron chi connectivity index (χ0n) is 12.9. The van der Waals surface area contributed by atoms with Crippen LogP contribution in [0.2, 0.25) is 0 Å². The van der Waals surface area contributed by atoms with Gasteiger partial charge in [-0.1, -0.05) is 43.1 Å². The smallest absolute Gasteiger partial charge is 0.330 e. The lowest BCUT2D eigenvalue weighted by Gasteiger charge is -2.16. The lowest BCUT2D eigenvalue weighted by atomic mass is 10.1. The summed E-state index contributed by atoms with van der Waals surface area (Å²) in [5.41, 5.74) is -0.300. The average Bonchev–Trinajstić information content (AvgIpc) is 2.87. The molecule has 2 fully saturated rings. The number of imide groups is 1. The Labute approximate surface area is 144 Å². The van der Waals surface area contributed by atoms with E-state index in [-0.39, 0.29) is 47.5 Å². The second-order valence-electron chi connectivity index (χ2n) is 6.15. The number of allylic oxidation sites excluding steroid dienone is 1. The Morgan fingerprint density at radius 3 is 2.65 bits per heavy atom. The summed E-state index contributed by atoms with van der Waals surface area (Å²) in [6, 6.07) is -0.488. The Morgan fingerprint density at radius 2 is 2.09 bits per heavy atom. The van der Waals surface area contributed by atoms with Crippen LogP contribution < -0.4 is 0 Å². The summed E-state index contributed by atoms with van der Waals surface area (Å²) in [4.78, 5) is 38.1. The van der Waals surface area contributed by atoms with E-state index in [1.165, 1.54) is 11.0 Å². The van der Waals surface area contributed by atoms with Crippen molar-refractivity contribution in [1.29, 1.82) is 0 Å². The van der Waals surface area contributed by atoms with Gasteiger partial charge >= 0.3 is 12.0 Å². The first kappa shape index (κ1) is 17.8. The van der Waals surface area contributed by atoms with Gasteiger partial charge in [-0.05, 0) is 17.4 Å². The number of esters is 1. The lowest BCUT2D eigenvalue weighted by molar-refractivity contribution is -0.149. The molecule has 0 bridgehead atoms. The van der Waals surface area contributed by atoms with Crippen LogP contribution in [0.5, 0.6) is 0 Å². The SMILES string of the molecule is C=CCN1C(=O)CN(COC(=O)C2C(C=C(Cl)Cl)C2(C)C)C1=O. The zero-order valence-corrected chi connectivity index (χ0v) is 14.4. The van der Waals surface area contributed by atoms with Crippen molar-refractivity contribution in [3.05, 3.63) is 23.2 Å². The molecule has 8 heteroatoms. The third kappa shape index (κ3) is 3.53. The summed E-state index contributed by atoms with van der Waals surface area (Å²) in [5, 5.41) is 0. The van der Waals surface area contributed by atoms with Gasteiger partial charge in [-0.3, -0.25) is 19.4 Å². The van der Waals surface area contributed by atoms with E-state index in [0.29, 0.717) is 0 Å². The van der Waals surface area contributed by atoms with E-state index >= 15 is 0 Å².